The maximum Gasteiger partial charge on any atom is 0.346 e. The molecule has 0 amide bonds. The van der Waals surface area contributed by atoms with E-state index in [1.165, 1.54) is 0 Å². The van der Waals surface area contributed by atoms with Crippen molar-refractivity contribution in [3.05, 3.63) is 35.0 Å². The lowest BCUT2D eigenvalue weighted by Gasteiger charge is -1.94. The Kier molecular flexibility index (Phi) is 1.33. The van der Waals surface area contributed by atoms with Gasteiger partial charge in [0.1, 0.15) is 0 Å². The van der Waals surface area contributed by atoms with Gasteiger partial charge in [-0.15, -0.1) is 0 Å². The van der Waals surface area contributed by atoms with Crippen LogP contribution in [-0.2, 0) is 0 Å². The van der Waals surface area contributed by atoms with Gasteiger partial charge in [0.15, 0.2) is 6.39 Å². The molecule has 12 heavy (non-hydrogen) atoms. The Bertz CT molecular complexity index is 476. The van der Waals surface area contributed by atoms with Crippen molar-refractivity contribution < 1.29 is 4.42 Å². The second kappa shape index (κ2) is 2.34. The van der Waals surface area contributed by atoms with E-state index in [0.717, 1.165) is 6.39 Å². The van der Waals surface area contributed by atoms with E-state index in [4.69, 9.17) is 5.73 Å². The van der Waals surface area contributed by atoms with Crippen LogP contribution < -0.4 is 11.4 Å². The summed E-state index contributed by atoms with van der Waals surface area (Å²) in [6.07, 6.45) is 1.12. The van der Waals surface area contributed by atoms with E-state index in [-0.39, 0.29) is 5.63 Å². The van der Waals surface area contributed by atoms with Crippen molar-refractivity contribution in [3.8, 4) is 0 Å². The first-order valence-electron chi connectivity index (χ1n) is 3.40. The van der Waals surface area contributed by atoms with Crippen molar-refractivity contribution in [2.45, 2.75) is 0 Å². The Balaban J connectivity index is 2.96. The van der Waals surface area contributed by atoms with E-state index < -0.39 is 0 Å². The number of nitrogens with two attached hydrogens (primary N) is 1. The fraction of sp³-hybridized carbons (Fsp3) is 0. The Hall–Kier alpha value is -1.84. The van der Waals surface area contributed by atoms with Crippen LogP contribution in [0.15, 0.2) is 33.8 Å². The third-order valence-corrected chi connectivity index (χ3v) is 1.59. The predicted octanol–water partition coefficient (Wildman–Crippen LogP) is 0.770. The van der Waals surface area contributed by atoms with Gasteiger partial charge in [0, 0.05) is 5.69 Å². The van der Waals surface area contributed by atoms with Crippen molar-refractivity contribution in [1.82, 2.24) is 4.98 Å². The number of hydrogen-bond acceptors (Lipinski definition) is 4. The molecule has 4 nitrogen and oxygen atoms in total. The molecule has 0 radical (unpaired) electrons. The molecule has 0 fully saturated rings. The van der Waals surface area contributed by atoms with E-state index in [1.807, 2.05) is 0 Å². The summed E-state index contributed by atoms with van der Waals surface area (Å²) in [5.74, 6) is 0. The quantitative estimate of drug-likeness (QED) is 0.581. The van der Waals surface area contributed by atoms with Gasteiger partial charge in [0.25, 0.3) is 0 Å². The fourth-order valence-electron chi connectivity index (χ4n) is 1.02. The minimum atomic E-state index is -0.389. The number of nitrogens with zero attached hydrogens (tertiary/aromatic N) is 1. The molecular weight excluding hydrogens is 156 g/mol. The second-order valence-corrected chi connectivity index (χ2v) is 2.42. The zero-order chi connectivity index (χ0) is 8.55. The first-order chi connectivity index (χ1) is 5.77. The summed E-state index contributed by atoms with van der Waals surface area (Å²) in [6, 6.07) is 4.87. The summed E-state index contributed by atoms with van der Waals surface area (Å²) in [7, 11) is 0. The van der Waals surface area contributed by atoms with Crippen LogP contribution in [0.25, 0.3) is 10.9 Å². The lowest BCUT2D eigenvalue weighted by Crippen LogP contribution is -2.00. The normalized spacial score (nSPS) is 10.3. The summed E-state index contributed by atoms with van der Waals surface area (Å²) in [5, 5.41) is 0.451. The number of rotatable bonds is 0. The van der Waals surface area contributed by atoms with Gasteiger partial charge in [-0.1, -0.05) is 0 Å². The van der Waals surface area contributed by atoms with Crippen molar-refractivity contribution in [2.75, 3.05) is 5.73 Å². The largest absolute Gasteiger partial charge is 0.411 e. The highest BCUT2D eigenvalue weighted by molar-refractivity contribution is 5.79. The molecule has 1 heterocycles. The summed E-state index contributed by atoms with van der Waals surface area (Å²) < 4.78 is 4.57. The summed E-state index contributed by atoms with van der Waals surface area (Å²) in [4.78, 5) is 14.9. The molecule has 4 heteroatoms. The number of anilines is 1. The Morgan fingerprint density at radius 3 is 3.08 bits per heavy atom. The van der Waals surface area contributed by atoms with Crippen LogP contribution in [0.5, 0.6) is 0 Å². The highest BCUT2D eigenvalue weighted by atomic mass is 16.4. The molecule has 1 aromatic heterocycles. The number of hydrogen-bond donors (Lipinski definition) is 1. The minimum Gasteiger partial charge on any atom is -0.411 e. The SMILES string of the molecule is Nc1ccc2c(=O)ocnc2c1. The summed E-state index contributed by atoms with van der Waals surface area (Å²) in [5.41, 5.74) is 6.26. The molecule has 0 bridgehead atoms. The molecule has 0 aliphatic carbocycles. The van der Waals surface area contributed by atoms with E-state index in [9.17, 15) is 4.79 Å². The second-order valence-electron chi connectivity index (χ2n) is 2.42. The minimum absolute atomic E-state index is 0.389. The molecule has 2 N–H and O–H groups in total. The lowest BCUT2D eigenvalue weighted by molar-refractivity contribution is 0.501. The molecular formula is C8H6N2O2. The smallest absolute Gasteiger partial charge is 0.346 e. The van der Waals surface area contributed by atoms with Crippen molar-refractivity contribution in [1.29, 1.82) is 0 Å². The predicted molar refractivity (Wildman–Crippen MR) is 44.7 cm³/mol. The van der Waals surface area contributed by atoms with Gasteiger partial charge in [0.05, 0.1) is 10.9 Å². The van der Waals surface area contributed by atoms with Gasteiger partial charge >= 0.3 is 5.63 Å². The first kappa shape index (κ1) is 6.84. The molecule has 0 aliphatic rings. The van der Waals surface area contributed by atoms with E-state index in [0.29, 0.717) is 16.6 Å². The maximum atomic E-state index is 11.0. The Morgan fingerprint density at radius 2 is 2.25 bits per heavy atom. The van der Waals surface area contributed by atoms with Gasteiger partial charge in [-0.05, 0) is 18.2 Å². The number of aromatic nitrogens is 1. The van der Waals surface area contributed by atoms with E-state index in [1.54, 1.807) is 18.2 Å². The number of fused-ring (bicyclic) bond motifs is 1. The van der Waals surface area contributed by atoms with Crippen molar-refractivity contribution in [3.63, 3.8) is 0 Å². The van der Waals surface area contributed by atoms with Crippen molar-refractivity contribution in [2.24, 2.45) is 0 Å². The van der Waals surface area contributed by atoms with Crippen LogP contribution in [0.2, 0.25) is 0 Å². The molecule has 0 unspecified atom stereocenters. The van der Waals surface area contributed by atoms with Crippen LogP contribution >= 0.6 is 0 Å². The lowest BCUT2D eigenvalue weighted by atomic mass is 10.2. The van der Waals surface area contributed by atoms with Gasteiger partial charge in [-0.2, -0.15) is 0 Å². The number of nitrogen functional groups attached to an aromatic ring is 1. The Morgan fingerprint density at radius 1 is 1.42 bits per heavy atom. The number of benzene rings is 1. The maximum absolute atomic E-state index is 11.0. The van der Waals surface area contributed by atoms with E-state index >= 15 is 0 Å². The van der Waals surface area contributed by atoms with E-state index in [2.05, 4.69) is 9.40 Å². The summed E-state index contributed by atoms with van der Waals surface area (Å²) in [6.45, 7) is 0. The van der Waals surface area contributed by atoms with Crippen molar-refractivity contribution >= 4 is 16.6 Å². The molecule has 60 valence electrons. The fourth-order valence-corrected chi connectivity index (χ4v) is 1.02. The highest BCUT2D eigenvalue weighted by Gasteiger charge is 1.99. The highest BCUT2D eigenvalue weighted by Crippen LogP contribution is 2.10. The van der Waals surface area contributed by atoms with Crippen LogP contribution in [0.4, 0.5) is 5.69 Å². The molecule has 2 rings (SSSR count). The molecule has 1 aromatic carbocycles. The van der Waals surface area contributed by atoms with Gasteiger partial charge in [0.2, 0.25) is 0 Å². The average molecular weight is 162 g/mol. The van der Waals surface area contributed by atoms with Crippen LogP contribution in [-0.4, -0.2) is 4.98 Å². The zero-order valence-electron chi connectivity index (χ0n) is 6.15. The summed E-state index contributed by atoms with van der Waals surface area (Å²) >= 11 is 0. The Labute approximate surface area is 67.6 Å². The first-order valence-corrected chi connectivity index (χ1v) is 3.40. The molecule has 0 atom stereocenters. The third-order valence-electron chi connectivity index (χ3n) is 1.59. The van der Waals surface area contributed by atoms with Crippen LogP contribution in [0, 0.1) is 0 Å². The molecule has 0 spiro atoms. The van der Waals surface area contributed by atoms with Crippen LogP contribution in [0.3, 0.4) is 0 Å². The molecule has 0 saturated carbocycles. The van der Waals surface area contributed by atoms with Gasteiger partial charge < -0.3 is 10.2 Å². The van der Waals surface area contributed by atoms with Gasteiger partial charge in [-0.3, -0.25) is 0 Å². The molecule has 2 aromatic rings. The monoisotopic (exact) mass is 162 g/mol. The topological polar surface area (TPSA) is 69.1 Å². The van der Waals surface area contributed by atoms with Crippen LogP contribution in [0.1, 0.15) is 0 Å². The zero-order valence-corrected chi connectivity index (χ0v) is 6.15. The third kappa shape index (κ3) is 0.934. The standard InChI is InChI=1S/C8H6N2O2/c9-5-1-2-6-7(3-5)10-4-12-8(6)11/h1-4H,9H2. The molecule has 0 aliphatic heterocycles. The molecule has 0 saturated heterocycles. The average Bonchev–Trinajstić information content (AvgIpc) is 2.04. The van der Waals surface area contributed by atoms with Gasteiger partial charge in [-0.25, -0.2) is 9.78 Å².